The summed E-state index contributed by atoms with van der Waals surface area (Å²) in [5, 5.41) is 12.0. The van der Waals surface area contributed by atoms with Gasteiger partial charge < -0.3 is 16.2 Å². The molecule has 104 valence electrons. The Morgan fingerprint density at radius 2 is 2.05 bits per heavy atom. The topological polar surface area (TPSA) is 75.4 Å². The van der Waals surface area contributed by atoms with Crippen LogP contribution < -0.4 is 11.1 Å². The molecule has 1 fully saturated rings. The first-order valence-electron chi connectivity index (χ1n) is 6.90. The predicted octanol–water partition coefficient (Wildman–Crippen LogP) is 0.834. The van der Waals surface area contributed by atoms with Crippen molar-refractivity contribution in [3.8, 4) is 0 Å². The van der Waals surface area contributed by atoms with Gasteiger partial charge in [-0.2, -0.15) is 0 Å². The van der Waals surface area contributed by atoms with Crippen molar-refractivity contribution < 1.29 is 9.90 Å². The fourth-order valence-corrected chi connectivity index (χ4v) is 2.34. The summed E-state index contributed by atoms with van der Waals surface area (Å²) in [4.78, 5) is 11.8. The van der Waals surface area contributed by atoms with E-state index < -0.39 is 6.04 Å². The molecule has 0 heterocycles. The number of carbonyl (C=O) groups is 1. The zero-order chi connectivity index (χ0) is 13.7. The molecular weight excluding hydrogens is 240 g/mol. The summed E-state index contributed by atoms with van der Waals surface area (Å²) in [6.07, 6.45) is 2.88. The van der Waals surface area contributed by atoms with Gasteiger partial charge in [0.2, 0.25) is 5.91 Å². The second-order valence-electron chi connectivity index (χ2n) is 5.37. The van der Waals surface area contributed by atoms with Gasteiger partial charge >= 0.3 is 0 Å². The summed E-state index contributed by atoms with van der Waals surface area (Å²) in [5.41, 5.74) is 7.08. The Labute approximate surface area is 114 Å². The lowest BCUT2D eigenvalue weighted by Crippen LogP contribution is -2.45. The maximum Gasteiger partial charge on any atom is 0.236 e. The monoisotopic (exact) mass is 262 g/mol. The van der Waals surface area contributed by atoms with Crippen molar-refractivity contribution in [2.45, 2.75) is 37.8 Å². The van der Waals surface area contributed by atoms with Gasteiger partial charge in [0.1, 0.15) is 0 Å². The number of amides is 1. The molecule has 1 amide bonds. The Balaban J connectivity index is 1.65. The highest BCUT2D eigenvalue weighted by Crippen LogP contribution is 2.26. The molecule has 4 nitrogen and oxygen atoms in total. The van der Waals surface area contributed by atoms with E-state index in [9.17, 15) is 4.79 Å². The summed E-state index contributed by atoms with van der Waals surface area (Å²) in [6, 6.07) is 9.58. The van der Waals surface area contributed by atoms with Crippen LogP contribution in [-0.2, 0) is 11.2 Å². The second kappa shape index (κ2) is 6.68. The molecule has 0 radical (unpaired) electrons. The van der Waals surface area contributed by atoms with Crippen molar-refractivity contribution in [1.82, 2.24) is 5.32 Å². The van der Waals surface area contributed by atoms with Crippen molar-refractivity contribution in [2.75, 3.05) is 6.54 Å². The molecule has 0 aliphatic heterocycles. The lowest BCUT2D eigenvalue weighted by molar-refractivity contribution is -0.123. The molecule has 1 aromatic carbocycles. The Morgan fingerprint density at radius 1 is 1.37 bits per heavy atom. The smallest absolute Gasteiger partial charge is 0.236 e. The van der Waals surface area contributed by atoms with Crippen LogP contribution in [0.25, 0.3) is 0 Å². The molecule has 1 aliphatic carbocycles. The summed E-state index contributed by atoms with van der Waals surface area (Å²) in [6.45, 7) is 0.634. The molecule has 0 spiro atoms. The number of carbonyl (C=O) groups excluding carboxylic acids is 1. The van der Waals surface area contributed by atoms with Crippen molar-refractivity contribution in [3.05, 3.63) is 35.9 Å². The van der Waals surface area contributed by atoms with E-state index in [1.807, 2.05) is 30.3 Å². The van der Waals surface area contributed by atoms with E-state index in [0.717, 1.165) is 19.3 Å². The van der Waals surface area contributed by atoms with Gasteiger partial charge in [0.05, 0.1) is 12.1 Å². The average molecular weight is 262 g/mol. The highest BCUT2D eigenvalue weighted by atomic mass is 16.3. The van der Waals surface area contributed by atoms with Crippen LogP contribution in [0.2, 0.25) is 0 Å². The fraction of sp³-hybridized carbons (Fsp3) is 0.533. The number of aryl methyl sites for hydroxylation is 1. The van der Waals surface area contributed by atoms with E-state index in [1.165, 1.54) is 5.56 Å². The molecule has 1 atom stereocenters. The van der Waals surface area contributed by atoms with Crippen molar-refractivity contribution >= 4 is 5.91 Å². The number of aliphatic hydroxyl groups is 1. The number of benzene rings is 1. The molecule has 4 N–H and O–H groups in total. The Hall–Kier alpha value is -1.39. The Kier molecular flexibility index (Phi) is 4.93. The maximum atomic E-state index is 11.8. The van der Waals surface area contributed by atoms with Crippen molar-refractivity contribution in [3.63, 3.8) is 0 Å². The van der Waals surface area contributed by atoms with Crippen LogP contribution in [0, 0.1) is 5.92 Å². The minimum absolute atomic E-state index is 0.0858. The van der Waals surface area contributed by atoms with Gasteiger partial charge in [0.15, 0.2) is 0 Å². The number of aliphatic hydroxyl groups excluding tert-OH is 1. The summed E-state index contributed by atoms with van der Waals surface area (Å²) in [5.74, 6) is 0.331. The molecular formula is C15H22N2O2. The average Bonchev–Trinajstić information content (AvgIpc) is 2.40. The van der Waals surface area contributed by atoms with E-state index in [4.69, 9.17) is 10.8 Å². The summed E-state index contributed by atoms with van der Waals surface area (Å²) < 4.78 is 0. The first-order chi connectivity index (χ1) is 9.15. The van der Waals surface area contributed by atoms with Crippen LogP contribution in [0.4, 0.5) is 0 Å². The van der Waals surface area contributed by atoms with E-state index in [1.54, 1.807) is 0 Å². The largest absolute Gasteiger partial charge is 0.393 e. The van der Waals surface area contributed by atoms with Gasteiger partial charge in [-0.1, -0.05) is 30.3 Å². The van der Waals surface area contributed by atoms with Crippen LogP contribution in [0.1, 0.15) is 24.8 Å². The first-order valence-corrected chi connectivity index (χ1v) is 6.90. The maximum absolute atomic E-state index is 11.8. The number of hydrogen-bond donors (Lipinski definition) is 3. The van der Waals surface area contributed by atoms with Gasteiger partial charge in [-0.25, -0.2) is 0 Å². The standard InChI is InChI=1S/C15H22N2O2/c16-14(7-6-11-4-2-1-3-5-11)15(19)17-10-12-8-13(18)9-12/h1-5,12-14,18H,6-10,16H2,(H,17,19)/t12?,13?,14-/m0/s1. The molecule has 4 heteroatoms. The zero-order valence-corrected chi connectivity index (χ0v) is 11.1. The molecule has 2 rings (SSSR count). The summed E-state index contributed by atoms with van der Waals surface area (Å²) >= 11 is 0. The van der Waals surface area contributed by atoms with E-state index in [0.29, 0.717) is 18.9 Å². The van der Waals surface area contributed by atoms with Gasteiger partial charge in [0.25, 0.3) is 0 Å². The molecule has 0 bridgehead atoms. The third-order valence-electron chi connectivity index (χ3n) is 3.70. The van der Waals surface area contributed by atoms with Crippen LogP contribution in [-0.4, -0.2) is 29.7 Å². The minimum Gasteiger partial charge on any atom is -0.393 e. The highest BCUT2D eigenvalue weighted by Gasteiger charge is 2.27. The van der Waals surface area contributed by atoms with Gasteiger partial charge in [0, 0.05) is 6.54 Å². The third-order valence-corrected chi connectivity index (χ3v) is 3.70. The van der Waals surface area contributed by atoms with Crippen LogP contribution in [0.15, 0.2) is 30.3 Å². The zero-order valence-electron chi connectivity index (χ0n) is 11.1. The predicted molar refractivity (Wildman–Crippen MR) is 74.5 cm³/mol. The number of rotatable bonds is 6. The molecule has 19 heavy (non-hydrogen) atoms. The quantitative estimate of drug-likeness (QED) is 0.711. The van der Waals surface area contributed by atoms with E-state index in [-0.39, 0.29) is 12.0 Å². The van der Waals surface area contributed by atoms with Gasteiger partial charge in [-0.05, 0) is 37.2 Å². The van der Waals surface area contributed by atoms with Crippen molar-refractivity contribution in [2.24, 2.45) is 11.7 Å². The minimum atomic E-state index is -0.454. The second-order valence-corrected chi connectivity index (χ2v) is 5.37. The number of nitrogens with one attached hydrogen (secondary N) is 1. The van der Waals surface area contributed by atoms with E-state index in [2.05, 4.69) is 5.32 Å². The lowest BCUT2D eigenvalue weighted by Gasteiger charge is -2.31. The van der Waals surface area contributed by atoms with E-state index >= 15 is 0 Å². The molecule has 0 aromatic heterocycles. The van der Waals surface area contributed by atoms with Crippen LogP contribution in [0.3, 0.4) is 0 Å². The third kappa shape index (κ3) is 4.33. The van der Waals surface area contributed by atoms with Gasteiger partial charge in [-0.3, -0.25) is 4.79 Å². The molecule has 0 unspecified atom stereocenters. The summed E-state index contributed by atoms with van der Waals surface area (Å²) in [7, 11) is 0. The number of nitrogens with two attached hydrogens (primary N) is 1. The van der Waals surface area contributed by atoms with Crippen LogP contribution in [0.5, 0.6) is 0 Å². The molecule has 1 aliphatic rings. The normalized spacial score (nSPS) is 23.5. The van der Waals surface area contributed by atoms with Crippen LogP contribution >= 0.6 is 0 Å². The first kappa shape index (κ1) is 14.0. The Bertz CT molecular complexity index is 402. The fourth-order valence-electron chi connectivity index (χ4n) is 2.34. The van der Waals surface area contributed by atoms with Crippen molar-refractivity contribution in [1.29, 1.82) is 0 Å². The molecule has 1 aromatic rings. The lowest BCUT2D eigenvalue weighted by atomic mass is 9.82. The molecule has 1 saturated carbocycles. The van der Waals surface area contributed by atoms with Gasteiger partial charge in [-0.15, -0.1) is 0 Å². The SMILES string of the molecule is N[C@@H](CCc1ccccc1)C(=O)NCC1CC(O)C1. The molecule has 0 saturated heterocycles. The number of hydrogen-bond acceptors (Lipinski definition) is 3. The highest BCUT2D eigenvalue weighted by molar-refractivity contribution is 5.81. The Morgan fingerprint density at radius 3 is 2.68 bits per heavy atom.